The minimum atomic E-state index is -0.992. The topological polar surface area (TPSA) is 78.8 Å². The number of rotatable bonds is 6. The molecular weight excluding hydrogens is 210 g/mol. The number of nitrogens with one attached hydrogen (secondary N) is 1. The van der Waals surface area contributed by atoms with Gasteiger partial charge in [-0.2, -0.15) is 0 Å². The van der Waals surface area contributed by atoms with Crippen LogP contribution in [0.2, 0.25) is 0 Å². The van der Waals surface area contributed by atoms with Crippen molar-refractivity contribution in [3.8, 4) is 5.75 Å². The van der Waals surface area contributed by atoms with Crippen molar-refractivity contribution in [1.29, 1.82) is 0 Å². The molecule has 88 valence electrons. The highest BCUT2D eigenvalue weighted by Gasteiger charge is 2.10. The Morgan fingerprint density at radius 1 is 1.50 bits per heavy atom. The molecule has 0 bridgehead atoms. The van der Waals surface area contributed by atoms with Crippen LogP contribution in [0.3, 0.4) is 0 Å². The number of benzene rings is 1. The zero-order chi connectivity index (χ0) is 12.0. The van der Waals surface area contributed by atoms with Crippen LogP contribution in [0.25, 0.3) is 0 Å². The van der Waals surface area contributed by atoms with Gasteiger partial charge in [0, 0.05) is 19.2 Å². The van der Waals surface area contributed by atoms with Crippen molar-refractivity contribution in [2.24, 2.45) is 0 Å². The normalized spacial score (nSPS) is 9.88. The third kappa shape index (κ3) is 3.13. The van der Waals surface area contributed by atoms with Gasteiger partial charge in [-0.1, -0.05) is 0 Å². The first kappa shape index (κ1) is 12.3. The highest BCUT2D eigenvalue weighted by Crippen LogP contribution is 2.22. The van der Waals surface area contributed by atoms with E-state index in [-0.39, 0.29) is 12.2 Å². The number of carboxylic acid groups (broad SMARTS) is 1. The van der Waals surface area contributed by atoms with Crippen molar-refractivity contribution in [1.82, 2.24) is 0 Å². The second-order valence-electron chi connectivity index (χ2n) is 3.22. The molecule has 0 spiro atoms. The predicted octanol–water partition coefficient (Wildman–Crippen LogP) is 1.19. The van der Waals surface area contributed by atoms with E-state index in [1.54, 1.807) is 12.1 Å². The van der Waals surface area contributed by atoms with Gasteiger partial charge in [0.15, 0.2) is 0 Å². The van der Waals surface area contributed by atoms with Gasteiger partial charge < -0.3 is 20.3 Å². The number of aliphatic hydroxyl groups is 1. The molecule has 0 unspecified atom stereocenters. The summed E-state index contributed by atoms with van der Waals surface area (Å²) in [5.41, 5.74) is 0.694. The summed E-state index contributed by atoms with van der Waals surface area (Å²) in [6.07, 6.45) is 0.566. The molecule has 0 fully saturated rings. The van der Waals surface area contributed by atoms with E-state index in [1.807, 2.05) is 0 Å². The van der Waals surface area contributed by atoms with Crippen molar-refractivity contribution in [3.63, 3.8) is 0 Å². The summed E-state index contributed by atoms with van der Waals surface area (Å²) >= 11 is 0. The van der Waals surface area contributed by atoms with Gasteiger partial charge >= 0.3 is 5.97 Å². The van der Waals surface area contributed by atoms with Crippen molar-refractivity contribution < 1.29 is 19.7 Å². The summed E-state index contributed by atoms with van der Waals surface area (Å²) < 4.78 is 5.01. The minimum Gasteiger partial charge on any atom is -0.497 e. The van der Waals surface area contributed by atoms with E-state index in [4.69, 9.17) is 14.9 Å². The maximum Gasteiger partial charge on any atom is 0.337 e. The molecule has 3 N–H and O–H groups in total. The molecule has 5 heteroatoms. The molecule has 0 saturated carbocycles. The number of aromatic carboxylic acids is 1. The Hall–Kier alpha value is -1.75. The van der Waals surface area contributed by atoms with Crippen LogP contribution in [-0.2, 0) is 0 Å². The van der Waals surface area contributed by atoms with Gasteiger partial charge in [-0.05, 0) is 18.6 Å². The van der Waals surface area contributed by atoms with E-state index in [0.29, 0.717) is 24.4 Å². The summed E-state index contributed by atoms with van der Waals surface area (Å²) in [7, 11) is 1.52. The summed E-state index contributed by atoms with van der Waals surface area (Å²) in [4.78, 5) is 10.9. The number of carbonyl (C=O) groups is 1. The Bertz CT molecular complexity index is 365. The van der Waals surface area contributed by atoms with Gasteiger partial charge in [-0.15, -0.1) is 0 Å². The quantitative estimate of drug-likeness (QED) is 0.634. The zero-order valence-electron chi connectivity index (χ0n) is 9.06. The SMILES string of the molecule is COc1ccc(C(=O)O)c(NCCCO)c1. The minimum absolute atomic E-state index is 0.0688. The average Bonchev–Trinajstić information content (AvgIpc) is 2.29. The number of methoxy groups -OCH3 is 1. The molecule has 16 heavy (non-hydrogen) atoms. The molecule has 0 atom stereocenters. The van der Waals surface area contributed by atoms with Crippen LogP contribution in [0.5, 0.6) is 5.75 Å². The molecule has 0 aliphatic carbocycles. The van der Waals surface area contributed by atoms with Gasteiger partial charge in [0.25, 0.3) is 0 Å². The highest BCUT2D eigenvalue weighted by atomic mass is 16.5. The van der Waals surface area contributed by atoms with Gasteiger partial charge in [-0.25, -0.2) is 4.79 Å². The standard InChI is InChI=1S/C11H15NO4/c1-16-8-3-4-9(11(14)15)10(7-8)12-5-2-6-13/h3-4,7,12-13H,2,5-6H2,1H3,(H,14,15). The zero-order valence-corrected chi connectivity index (χ0v) is 9.06. The predicted molar refractivity (Wildman–Crippen MR) is 60.1 cm³/mol. The molecule has 0 radical (unpaired) electrons. The number of hydrogen-bond acceptors (Lipinski definition) is 4. The van der Waals surface area contributed by atoms with Crippen molar-refractivity contribution in [2.75, 3.05) is 25.6 Å². The maximum atomic E-state index is 10.9. The fourth-order valence-corrected chi connectivity index (χ4v) is 1.29. The van der Waals surface area contributed by atoms with Gasteiger partial charge in [0.1, 0.15) is 5.75 Å². The number of hydrogen-bond donors (Lipinski definition) is 3. The first-order valence-electron chi connectivity index (χ1n) is 4.95. The Morgan fingerprint density at radius 2 is 2.25 bits per heavy atom. The molecule has 1 aromatic carbocycles. The number of aliphatic hydroxyl groups excluding tert-OH is 1. The van der Waals surface area contributed by atoms with E-state index >= 15 is 0 Å². The Kier molecular flexibility index (Phi) is 4.60. The van der Waals surface area contributed by atoms with Crippen LogP contribution >= 0.6 is 0 Å². The second kappa shape index (κ2) is 5.97. The Morgan fingerprint density at radius 3 is 2.81 bits per heavy atom. The lowest BCUT2D eigenvalue weighted by atomic mass is 10.1. The highest BCUT2D eigenvalue weighted by molar-refractivity contribution is 5.94. The summed E-state index contributed by atoms with van der Waals surface area (Å²) in [6, 6.07) is 4.71. The first-order chi connectivity index (χ1) is 7.69. The smallest absolute Gasteiger partial charge is 0.337 e. The summed E-state index contributed by atoms with van der Waals surface area (Å²) in [5.74, 6) is -0.398. The average molecular weight is 225 g/mol. The molecule has 0 heterocycles. The maximum absolute atomic E-state index is 10.9. The van der Waals surface area contributed by atoms with Crippen molar-refractivity contribution >= 4 is 11.7 Å². The third-order valence-corrected chi connectivity index (χ3v) is 2.11. The van der Waals surface area contributed by atoms with Crippen LogP contribution < -0.4 is 10.1 Å². The van der Waals surface area contributed by atoms with Crippen LogP contribution in [0.4, 0.5) is 5.69 Å². The Labute approximate surface area is 93.7 Å². The van der Waals surface area contributed by atoms with E-state index < -0.39 is 5.97 Å². The summed E-state index contributed by atoms with van der Waals surface area (Å²) in [5, 5.41) is 20.5. The molecule has 1 rings (SSSR count). The third-order valence-electron chi connectivity index (χ3n) is 2.11. The molecule has 5 nitrogen and oxygen atoms in total. The number of carboxylic acids is 1. The van der Waals surface area contributed by atoms with Crippen molar-refractivity contribution in [3.05, 3.63) is 23.8 Å². The number of anilines is 1. The number of ether oxygens (including phenoxy) is 1. The van der Waals surface area contributed by atoms with Crippen LogP contribution in [0, 0.1) is 0 Å². The molecule has 0 aromatic heterocycles. The fraction of sp³-hybridized carbons (Fsp3) is 0.364. The molecule has 1 aromatic rings. The van der Waals surface area contributed by atoms with Crippen molar-refractivity contribution in [2.45, 2.75) is 6.42 Å². The van der Waals surface area contributed by atoms with Crippen LogP contribution in [0.1, 0.15) is 16.8 Å². The lowest BCUT2D eigenvalue weighted by Gasteiger charge is -2.10. The van der Waals surface area contributed by atoms with Gasteiger partial charge in [0.2, 0.25) is 0 Å². The van der Waals surface area contributed by atoms with E-state index in [9.17, 15) is 4.79 Å². The van der Waals surface area contributed by atoms with E-state index in [1.165, 1.54) is 13.2 Å². The lowest BCUT2D eigenvalue weighted by Crippen LogP contribution is -2.08. The first-order valence-corrected chi connectivity index (χ1v) is 4.95. The fourth-order valence-electron chi connectivity index (χ4n) is 1.29. The van der Waals surface area contributed by atoms with Gasteiger partial charge in [-0.3, -0.25) is 0 Å². The second-order valence-corrected chi connectivity index (χ2v) is 3.22. The largest absolute Gasteiger partial charge is 0.497 e. The molecule has 0 aliphatic rings. The molecule has 0 aliphatic heterocycles. The van der Waals surface area contributed by atoms with Crippen LogP contribution in [-0.4, -0.2) is 36.4 Å². The molecule has 0 amide bonds. The summed E-state index contributed by atoms with van der Waals surface area (Å²) in [6.45, 7) is 0.587. The molecule has 0 saturated heterocycles. The lowest BCUT2D eigenvalue weighted by molar-refractivity contribution is 0.0698. The monoisotopic (exact) mass is 225 g/mol. The van der Waals surface area contributed by atoms with E-state index in [0.717, 1.165) is 0 Å². The molecular formula is C11H15NO4. The Balaban J connectivity index is 2.87. The van der Waals surface area contributed by atoms with Gasteiger partial charge in [0.05, 0.1) is 18.4 Å². The van der Waals surface area contributed by atoms with Crippen LogP contribution in [0.15, 0.2) is 18.2 Å². The van der Waals surface area contributed by atoms with E-state index in [2.05, 4.69) is 5.32 Å².